The molecule has 0 saturated heterocycles. The Hall–Kier alpha value is -4.66. The molecule has 1 N–H and O–H groups in total. The molecular formula is C22H17N9. The van der Waals surface area contributed by atoms with Crippen LogP contribution in [0.4, 0.5) is 0 Å². The van der Waals surface area contributed by atoms with Gasteiger partial charge in [-0.15, -0.1) is 0 Å². The first kappa shape index (κ1) is 19.6. The van der Waals surface area contributed by atoms with Crippen molar-refractivity contribution in [1.82, 2.24) is 44.9 Å². The summed E-state index contributed by atoms with van der Waals surface area (Å²) in [6.45, 7) is 0. The summed E-state index contributed by atoms with van der Waals surface area (Å²) in [5.74, 6) is 0.811. The number of H-pyrrole nitrogens is 1. The first-order valence-electron chi connectivity index (χ1n) is 9.32. The van der Waals surface area contributed by atoms with Crippen LogP contribution in [0.25, 0.3) is 33.6 Å². The van der Waals surface area contributed by atoms with Gasteiger partial charge in [0.15, 0.2) is 11.5 Å². The maximum absolute atomic E-state index is 4.13. The number of rotatable bonds is 1. The predicted molar refractivity (Wildman–Crippen MR) is 116 cm³/mol. The lowest BCUT2D eigenvalue weighted by atomic mass is 10.2. The Morgan fingerprint density at radius 1 is 0.581 bits per heavy atom. The molecule has 31 heavy (non-hydrogen) atoms. The van der Waals surface area contributed by atoms with E-state index < -0.39 is 0 Å². The van der Waals surface area contributed by atoms with Crippen LogP contribution in [0.2, 0.25) is 0 Å². The Morgan fingerprint density at radius 2 is 1.42 bits per heavy atom. The predicted octanol–water partition coefficient (Wildman–Crippen LogP) is 3.52. The van der Waals surface area contributed by atoms with Crippen LogP contribution in [0.3, 0.4) is 0 Å². The number of nitrogens with zero attached hydrogens (tertiary/aromatic N) is 8. The number of hydrogen-bond acceptors (Lipinski definition) is 8. The molecule has 0 aliphatic heterocycles. The van der Waals surface area contributed by atoms with E-state index in [4.69, 9.17) is 0 Å². The van der Waals surface area contributed by atoms with Gasteiger partial charge in [-0.25, -0.2) is 34.9 Å². The van der Waals surface area contributed by atoms with Gasteiger partial charge >= 0.3 is 0 Å². The monoisotopic (exact) mass is 407 g/mol. The van der Waals surface area contributed by atoms with Crippen LogP contribution in [0.1, 0.15) is 0 Å². The molecule has 0 aliphatic rings. The molecule has 0 bridgehead atoms. The maximum Gasteiger partial charge on any atom is 0.181 e. The van der Waals surface area contributed by atoms with Crippen molar-refractivity contribution >= 4 is 22.1 Å². The third kappa shape index (κ3) is 5.45. The molecule has 0 aliphatic carbocycles. The van der Waals surface area contributed by atoms with Crippen LogP contribution in [-0.2, 0) is 0 Å². The van der Waals surface area contributed by atoms with Crippen molar-refractivity contribution in [2.75, 3.05) is 0 Å². The van der Waals surface area contributed by atoms with Gasteiger partial charge in [-0.1, -0.05) is 24.3 Å². The minimum Gasteiger partial charge on any atom is -0.343 e. The summed E-state index contributed by atoms with van der Waals surface area (Å²) in [5, 5.41) is 1.09. The van der Waals surface area contributed by atoms with Gasteiger partial charge in [0, 0.05) is 42.6 Å². The van der Waals surface area contributed by atoms with E-state index in [2.05, 4.69) is 44.9 Å². The highest BCUT2D eigenvalue weighted by Gasteiger charge is 1.97. The largest absolute Gasteiger partial charge is 0.343 e. The SMILES string of the molecule is c1ccc(-c2ncc[nH]2)nc1.c1ccc2ncncc2c1.c1cnc2ncncc2n1. The molecule has 0 spiro atoms. The second-order valence-electron chi connectivity index (χ2n) is 6.02. The minimum atomic E-state index is 0.637. The number of para-hydroxylation sites is 1. The van der Waals surface area contributed by atoms with Crippen LogP contribution < -0.4 is 0 Å². The van der Waals surface area contributed by atoms with E-state index in [1.54, 1.807) is 43.5 Å². The zero-order chi connectivity index (χ0) is 21.1. The van der Waals surface area contributed by atoms with Crippen molar-refractivity contribution < 1.29 is 0 Å². The first-order chi connectivity index (χ1) is 15.4. The van der Waals surface area contributed by atoms with E-state index in [-0.39, 0.29) is 0 Å². The molecular weight excluding hydrogens is 390 g/mol. The molecule has 0 unspecified atom stereocenters. The summed E-state index contributed by atoms with van der Waals surface area (Å²) in [4.78, 5) is 34.8. The van der Waals surface area contributed by atoms with Gasteiger partial charge in [0.2, 0.25) is 0 Å². The van der Waals surface area contributed by atoms with Crippen molar-refractivity contribution in [3.05, 3.63) is 98.5 Å². The number of pyridine rings is 1. The highest BCUT2D eigenvalue weighted by atomic mass is 14.9. The van der Waals surface area contributed by atoms with Gasteiger partial charge in [-0.3, -0.25) is 4.98 Å². The van der Waals surface area contributed by atoms with Crippen LogP contribution in [0, 0.1) is 0 Å². The second kappa shape index (κ2) is 10.2. The summed E-state index contributed by atoms with van der Waals surface area (Å²) in [7, 11) is 0. The molecule has 9 nitrogen and oxygen atoms in total. The number of fused-ring (bicyclic) bond motifs is 2. The molecule has 1 aromatic carbocycles. The fraction of sp³-hybridized carbons (Fsp3) is 0. The number of imidazole rings is 1. The average molecular weight is 407 g/mol. The highest BCUT2D eigenvalue weighted by Crippen LogP contribution is 2.08. The molecule has 5 heterocycles. The van der Waals surface area contributed by atoms with Crippen molar-refractivity contribution in [3.8, 4) is 11.5 Å². The number of benzene rings is 1. The first-order valence-corrected chi connectivity index (χ1v) is 9.32. The van der Waals surface area contributed by atoms with Crippen LogP contribution in [-0.4, -0.2) is 44.9 Å². The standard InChI is InChI=1S/C8H7N3.C8H6N2.C6H4N4/c1-2-4-9-7(3-1)8-10-5-6-11-8;1-2-4-8-7(3-1)5-9-6-10-8;1-2-9-6-5(8-1)3-7-4-10-6/h1-6H,(H,10,11);1-6H;1-4H. The normalized spacial score (nSPS) is 9.94. The van der Waals surface area contributed by atoms with Gasteiger partial charge in [-0.05, 0) is 18.2 Å². The molecule has 6 aromatic rings. The van der Waals surface area contributed by atoms with Crippen LogP contribution in [0.15, 0.2) is 98.5 Å². The zero-order valence-electron chi connectivity index (χ0n) is 16.3. The summed E-state index contributed by atoms with van der Waals surface area (Å²) >= 11 is 0. The van der Waals surface area contributed by atoms with E-state index in [1.165, 1.54) is 6.33 Å². The van der Waals surface area contributed by atoms with E-state index >= 15 is 0 Å². The van der Waals surface area contributed by atoms with Crippen LogP contribution >= 0.6 is 0 Å². The van der Waals surface area contributed by atoms with Crippen LogP contribution in [0.5, 0.6) is 0 Å². The van der Waals surface area contributed by atoms with Crippen molar-refractivity contribution in [2.24, 2.45) is 0 Å². The Balaban J connectivity index is 0.000000112. The fourth-order valence-corrected chi connectivity index (χ4v) is 2.56. The van der Waals surface area contributed by atoms with Crippen molar-refractivity contribution in [2.45, 2.75) is 0 Å². The summed E-state index contributed by atoms with van der Waals surface area (Å²) in [5.41, 5.74) is 3.23. The maximum atomic E-state index is 4.13. The Morgan fingerprint density at radius 3 is 2.23 bits per heavy atom. The van der Waals surface area contributed by atoms with Gasteiger partial charge in [0.05, 0.1) is 11.7 Å². The number of aromatic amines is 1. The highest BCUT2D eigenvalue weighted by molar-refractivity contribution is 5.76. The Kier molecular flexibility index (Phi) is 6.47. The fourth-order valence-electron chi connectivity index (χ4n) is 2.56. The van der Waals surface area contributed by atoms with Crippen molar-refractivity contribution in [3.63, 3.8) is 0 Å². The molecule has 0 radical (unpaired) electrons. The lowest BCUT2D eigenvalue weighted by molar-refractivity contribution is 1.15. The molecule has 0 saturated carbocycles. The Bertz CT molecular complexity index is 1140. The third-order valence-electron chi connectivity index (χ3n) is 3.97. The van der Waals surface area contributed by atoms with Gasteiger partial charge in [0.1, 0.15) is 23.9 Å². The van der Waals surface area contributed by atoms with E-state index in [0.717, 1.165) is 27.9 Å². The van der Waals surface area contributed by atoms with Gasteiger partial charge in [0.25, 0.3) is 0 Å². The average Bonchev–Trinajstić information content (AvgIpc) is 3.41. The number of hydrogen-bond donors (Lipinski definition) is 1. The molecule has 6 rings (SSSR count). The van der Waals surface area contributed by atoms with E-state index in [9.17, 15) is 0 Å². The van der Waals surface area contributed by atoms with Gasteiger partial charge < -0.3 is 4.98 Å². The van der Waals surface area contributed by atoms with Crippen molar-refractivity contribution in [1.29, 1.82) is 0 Å². The molecule has 0 fully saturated rings. The third-order valence-corrected chi connectivity index (χ3v) is 3.97. The summed E-state index contributed by atoms with van der Waals surface area (Å²) in [6, 6.07) is 13.6. The second-order valence-corrected chi connectivity index (χ2v) is 6.02. The Labute approximate surface area is 177 Å². The molecule has 9 heteroatoms. The number of nitrogens with one attached hydrogen (secondary N) is 1. The van der Waals surface area contributed by atoms with E-state index in [1.807, 2.05) is 48.7 Å². The van der Waals surface area contributed by atoms with Gasteiger partial charge in [-0.2, -0.15) is 0 Å². The quantitative estimate of drug-likeness (QED) is 0.440. The minimum absolute atomic E-state index is 0.637. The lowest BCUT2D eigenvalue weighted by Gasteiger charge is -1.91. The number of aromatic nitrogens is 9. The summed E-state index contributed by atoms with van der Waals surface area (Å²) < 4.78 is 0. The molecule has 0 atom stereocenters. The molecule has 0 amide bonds. The lowest BCUT2D eigenvalue weighted by Crippen LogP contribution is -1.85. The summed E-state index contributed by atoms with van der Waals surface area (Å²) in [6.07, 6.45) is 14.9. The zero-order valence-corrected chi connectivity index (χ0v) is 16.3. The smallest absolute Gasteiger partial charge is 0.181 e. The molecule has 150 valence electrons. The molecule has 5 aromatic heterocycles. The topological polar surface area (TPSA) is 119 Å². The van der Waals surface area contributed by atoms with E-state index in [0.29, 0.717) is 5.65 Å².